The summed E-state index contributed by atoms with van der Waals surface area (Å²) in [5.74, 6) is 0. The normalized spacial score (nSPS) is 19.8. The highest BCUT2D eigenvalue weighted by Gasteiger charge is 2.30. The fourth-order valence-electron chi connectivity index (χ4n) is 1.59. The highest BCUT2D eigenvalue weighted by atomic mass is 16.7. The van der Waals surface area contributed by atoms with Crippen LogP contribution in [-0.4, -0.2) is 24.9 Å². The first-order valence-electron chi connectivity index (χ1n) is 4.75. The minimum Gasteiger partial charge on any atom is -0.435 e. The van der Waals surface area contributed by atoms with E-state index >= 15 is 0 Å². The molecule has 0 aromatic carbocycles. The molecule has 1 rings (SSSR count). The molecular weight excluding hydrogens is 170 g/mol. The van der Waals surface area contributed by atoms with Crippen LogP contribution < -0.4 is 5.73 Å². The van der Waals surface area contributed by atoms with Gasteiger partial charge < -0.3 is 15.2 Å². The van der Waals surface area contributed by atoms with E-state index in [4.69, 9.17) is 10.5 Å². The standard InChI is InChI=1S/C9H17NO3/c1-2-12-8(11)13-7-9(10)5-3-4-6-9/h2-7,10H2,1H3. The van der Waals surface area contributed by atoms with Gasteiger partial charge in [-0.25, -0.2) is 4.79 Å². The van der Waals surface area contributed by atoms with Gasteiger partial charge in [0.15, 0.2) is 0 Å². The molecule has 1 saturated carbocycles. The molecule has 76 valence electrons. The summed E-state index contributed by atoms with van der Waals surface area (Å²) in [6.45, 7) is 2.37. The zero-order valence-corrected chi connectivity index (χ0v) is 8.04. The maximum Gasteiger partial charge on any atom is 0.508 e. The molecule has 1 aliphatic rings. The number of ether oxygens (including phenoxy) is 2. The predicted molar refractivity (Wildman–Crippen MR) is 48.4 cm³/mol. The first-order valence-corrected chi connectivity index (χ1v) is 4.75. The lowest BCUT2D eigenvalue weighted by molar-refractivity contribution is 0.0430. The van der Waals surface area contributed by atoms with Crippen LogP contribution in [0.25, 0.3) is 0 Å². The number of carbonyl (C=O) groups is 1. The Hall–Kier alpha value is -0.770. The van der Waals surface area contributed by atoms with Crippen LogP contribution in [-0.2, 0) is 9.47 Å². The maximum absolute atomic E-state index is 10.8. The molecule has 0 unspecified atom stereocenters. The molecule has 0 amide bonds. The first-order chi connectivity index (χ1) is 6.16. The molecule has 13 heavy (non-hydrogen) atoms. The summed E-state index contributed by atoms with van der Waals surface area (Å²) in [6.07, 6.45) is 3.52. The van der Waals surface area contributed by atoms with Crippen LogP contribution in [0.15, 0.2) is 0 Å². The van der Waals surface area contributed by atoms with Crippen molar-refractivity contribution in [1.29, 1.82) is 0 Å². The van der Waals surface area contributed by atoms with Gasteiger partial charge >= 0.3 is 6.16 Å². The number of nitrogens with two attached hydrogens (primary N) is 1. The average Bonchev–Trinajstić information content (AvgIpc) is 2.51. The van der Waals surface area contributed by atoms with Gasteiger partial charge in [0.1, 0.15) is 6.61 Å². The third-order valence-electron chi connectivity index (χ3n) is 2.34. The minimum atomic E-state index is -0.612. The topological polar surface area (TPSA) is 61.5 Å². The van der Waals surface area contributed by atoms with E-state index in [9.17, 15) is 4.79 Å². The second-order valence-corrected chi connectivity index (χ2v) is 3.54. The summed E-state index contributed by atoms with van der Waals surface area (Å²) in [7, 11) is 0. The Morgan fingerprint density at radius 1 is 1.38 bits per heavy atom. The van der Waals surface area contributed by atoms with E-state index in [1.165, 1.54) is 0 Å². The maximum atomic E-state index is 10.8. The van der Waals surface area contributed by atoms with Crippen LogP contribution in [0.5, 0.6) is 0 Å². The Morgan fingerprint density at radius 2 is 2.00 bits per heavy atom. The lowest BCUT2D eigenvalue weighted by atomic mass is 10.0. The number of rotatable bonds is 3. The lowest BCUT2D eigenvalue weighted by Crippen LogP contribution is -2.42. The summed E-state index contributed by atoms with van der Waals surface area (Å²) >= 11 is 0. The Labute approximate surface area is 78.4 Å². The Bertz CT molecular complexity index is 176. The average molecular weight is 187 g/mol. The molecule has 0 atom stereocenters. The predicted octanol–water partition coefficient (Wildman–Crippen LogP) is 1.43. The van der Waals surface area contributed by atoms with E-state index in [1.807, 2.05) is 0 Å². The highest BCUT2D eigenvalue weighted by Crippen LogP contribution is 2.27. The van der Waals surface area contributed by atoms with E-state index in [-0.39, 0.29) is 12.1 Å². The molecule has 1 fully saturated rings. The molecule has 0 heterocycles. The van der Waals surface area contributed by atoms with Crippen LogP contribution in [0.3, 0.4) is 0 Å². The SMILES string of the molecule is CCOC(=O)OCC1(N)CCCC1. The number of hydrogen-bond acceptors (Lipinski definition) is 4. The first kappa shape index (κ1) is 10.3. The fourth-order valence-corrected chi connectivity index (χ4v) is 1.59. The van der Waals surface area contributed by atoms with Crippen molar-refractivity contribution in [3.05, 3.63) is 0 Å². The molecule has 0 radical (unpaired) electrons. The van der Waals surface area contributed by atoms with Crippen molar-refractivity contribution in [1.82, 2.24) is 0 Å². The van der Waals surface area contributed by atoms with Crippen molar-refractivity contribution < 1.29 is 14.3 Å². The van der Waals surface area contributed by atoms with Gasteiger partial charge in [0.25, 0.3) is 0 Å². The van der Waals surface area contributed by atoms with E-state index < -0.39 is 6.16 Å². The Balaban J connectivity index is 2.21. The molecule has 2 N–H and O–H groups in total. The summed E-state index contributed by atoms with van der Waals surface area (Å²) in [6, 6.07) is 0. The van der Waals surface area contributed by atoms with Gasteiger partial charge in [-0.05, 0) is 19.8 Å². The zero-order valence-electron chi connectivity index (χ0n) is 8.04. The molecule has 4 nitrogen and oxygen atoms in total. The molecule has 0 aromatic heterocycles. The van der Waals surface area contributed by atoms with E-state index in [2.05, 4.69) is 4.74 Å². The van der Waals surface area contributed by atoms with Crippen molar-refractivity contribution in [2.24, 2.45) is 5.73 Å². The second kappa shape index (κ2) is 4.46. The van der Waals surface area contributed by atoms with Crippen LogP contribution in [0.4, 0.5) is 4.79 Å². The van der Waals surface area contributed by atoms with Crippen LogP contribution >= 0.6 is 0 Å². The molecule has 4 heteroatoms. The fraction of sp³-hybridized carbons (Fsp3) is 0.889. The third kappa shape index (κ3) is 3.22. The molecule has 0 aliphatic heterocycles. The molecule has 0 aromatic rings. The van der Waals surface area contributed by atoms with Crippen molar-refractivity contribution >= 4 is 6.16 Å². The summed E-state index contributed by atoms with van der Waals surface area (Å²) in [4.78, 5) is 10.8. The van der Waals surface area contributed by atoms with Gasteiger partial charge in [0, 0.05) is 0 Å². The molecule has 0 spiro atoms. The van der Waals surface area contributed by atoms with Crippen LogP contribution in [0.1, 0.15) is 32.6 Å². The van der Waals surface area contributed by atoms with Gasteiger partial charge in [0.2, 0.25) is 0 Å². The van der Waals surface area contributed by atoms with Crippen molar-refractivity contribution in [3.63, 3.8) is 0 Å². The van der Waals surface area contributed by atoms with Gasteiger partial charge in [-0.1, -0.05) is 12.8 Å². The zero-order chi connectivity index (χ0) is 9.73. The summed E-state index contributed by atoms with van der Waals surface area (Å²) in [5, 5.41) is 0. The van der Waals surface area contributed by atoms with Crippen molar-refractivity contribution in [2.75, 3.05) is 13.2 Å². The van der Waals surface area contributed by atoms with Crippen LogP contribution in [0, 0.1) is 0 Å². The van der Waals surface area contributed by atoms with Gasteiger partial charge in [0.05, 0.1) is 12.1 Å². The van der Waals surface area contributed by atoms with E-state index in [0.717, 1.165) is 25.7 Å². The lowest BCUT2D eigenvalue weighted by Gasteiger charge is -2.22. The second-order valence-electron chi connectivity index (χ2n) is 3.54. The quantitative estimate of drug-likeness (QED) is 0.679. The summed E-state index contributed by atoms with van der Waals surface area (Å²) in [5.41, 5.74) is 5.67. The molecule has 0 bridgehead atoms. The van der Waals surface area contributed by atoms with Crippen LogP contribution in [0.2, 0.25) is 0 Å². The number of carbonyl (C=O) groups excluding carboxylic acids is 1. The Morgan fingerprint density at radius 3 is 2.54 bits per heavy atom. The van der Waals surface area contributed by atoms with E-state index in [0.29, 0.717) is 6.61 Å². The molecular formula is C9H17NO3. The van der Waals surface area contributed by atoms with Gasteiger partial charge in [-0.3, -0.25) is 0 Å². The summed E-state index contributed by atoms with van der Waals surface area (Å²) < 4.78 is 9.51. The smallest absolute Gasteiger partial charge is 0.435 e. The largest absolute Gasteiger partial charge is 0.508 e. The molecule has 1 aliphatic carbocycles. The minimum absolute atomic E-state index is 0.284. The van der Waals surface area contributed by atoms with Gasteiger partial charge in [-0.2, -0.15) is 0 Å². The van der Waals surface area contributed by atoms with Gasteiger partial charge in [-0.15, -0.1) is 0 Å². The monoisotopic (exact) mass is 187 g/mol. The van der Waals surface area contributed by atoms with Crippen molar-refractivity contribution in [3.8, 4) is 0 Å². The van der Waals surface area contributed by atoms with E-state index in [1.54, 1.807) is 6.92 Å². The highest BCUT2D eigenvalue weighted by molar-refractivity contribution is 5.59. The number of hydrogen-bond donors (Lipinski definition) is 1. The van der Waals surface area contributed by atoms with Crippen molar-refractivity contribution in [2.45, 2.75) is 38.1 Å². The third-order valence-corrected chi connectivity index (χ3v) is 2.34. The Kier molecular flexibility index (Phi) is 3.54. The molecule has 0 saturated heterocycles.